The van der Waals surface area contributed by atoms with E-state index in [0.717, 1.165) is 0 Å². The van der Waals surface area contributed by atoms with Crippen LogP contribution >= 0.6 is 0 Å². The lowest BCUT2D eigenvalue weighted by atomic mass is 9.96. The third-order valence-electron chi connectivity index (χ3n) is 6.03. The summed E-state index contributed by atoms with van der Waals surface area (Å²) in [5.74, 6) is 0. The first-order valence-electron chi connectivity index (χ1n) is 9.87. The Kier molecular flexibility index (Phi) is 3.71. The van der Waals surface area contributed by atoms with Gasteiger partial charge in [0.05, 0.1) is 5.56 Å². The van der Waals surface area contributed by atoms with E-state index in [4.69, 9.17) is 0 Å². The third-order valence-corrected chi connectivity index (χ3v) is 6.03. The van der Waals surface area contributed by atoms with Crippen molar-refractivity contribution in [2.45, 2.75) is 25.7 Å². The van der Waals surface area contributed by atoms with Crippen molar-refractivity contribution in [3.05, 3.63) is 70.6 Å². The Hall–Kier alpha value is -2.81. The molecule has 2 heterocycles. The minimum atomic E-state index is 1.19. The maximum absolute atomic E-state index is 2.44. The molecule has 0 amide bonds. The first-order chi connectivity index (χ1) is 13.1. The predicted molar refractivity (Wildman–Crippen MR) is 112 cm³/mol. The molecule has 0 aliphatic heterocycles. The molecule has 0 saturated heterocycles. The molecule has 27 heavy (non-hydrogen) atoms. The van der Waals surface area contributed by atoms with Gasteiger partial charge in [-0.15, -0.1) is 9.20 Å². The molecule has 2 aromatic carbocycles. The quantitative estimate of drug-likeness (QED) is 0.501. The minimum Gasteiger partial charge on any atom is -0.378 e. The largest absolute Gasteiger partial charge is 0.378 e. The molecule has 0 saturated carbocycles. The Morgan fingerprint density at radius 3 is 2.48 bits per heavy atom. The molecule has 0 spiro atoms. The average molecular weight is 356 g/mol. The number of aryl methyl sites for hydroxylation is 2. The van der Waals surface area contributed by atoms with E-state index in [1.54, 1.807) is 5.56 Å². The van der Waals surface area contributed by atoms with E-state index >= 15 is 0 Å². The van der Waals surface area contributed by atoms with Gasteiger partial charge in [-0.2, -0.15) is 0 Å². The zero-order chi connectivity index (χ0) is 18.5. The molecule has 1 aliphatic carbocycles. The predicted octanol–water partition coefficient (Wildman–Crippen LogP) is 3.41. The molecule has 1 aliphatic rings. The molecular formula is C24H26N3+. The van der Waals surface area contributed by atoms with Gasteiger partial charge >= 0.3 is 0 Å². The van der Waals surface area contributed by atoms with Crippen molar-refractivity contribution < 1.29 is 4.68 Å². The van der Waals surface area contributed by atoms with Crippen LogP contribution in [0.25, 0.3) is 22.5 Å². The monoisotopic (exact) mass is 356 g/mol. The molecule has 4 aromatic rings. The van der Waals surface area contributed by atoms with Crippen molar-refractivity contribution in [2.75, 3.05) is 19.0 Å². The highest BCUT2D eigenvalue weighted by Crippen LogP contribution is 2.26. The molecule has 0 N–H and O–H groups in total. The number of anilines is 1. The van der Waals surface area contributed by atoms with Gasteiger partial charge in [0.15, 0.2) is 7.05 Å². The van der Waals surface area contributed by atoms with Gasteiger partial charge in [0.2, 0.25) is 5.69 Å². The molecule has 0 atom stereocenters. The minimum absolute atomic E-state index is 1.19. The van der Waals surface area contributed by atoms with Gasteiger partial charge in [-0.3, -0.25) is 0 Å². The van der Waals surface area contributed by atoms with Crippen molar-refractivity contribution >= 4 is 28.2 Å². The normalized spacial score (nSPS) is 14.9. The molecule has 2 aromatic heterocycles. The third kappa shape index (κ3) is 2.45. The van der Waals surface area contributed by atoms with Crippen LogP contribution in [0.5, 0.6) is 0 Å². The molecule has 136 valence electrons. The molecule has 0 bridgehead atoms. The standard InChI is InChI=1S/C24H26N3/c1-25(2)18-14-12-17(13-15-18)16-21-19-8-4-7-11-23(19)27-24(21)20-9-5-6-10-22(20)26(27)3/h4,7-8,11-16H,5-6,9-10H2,1-3H3/q+1. The van der Waals surface area contributed by atoms with Gasteiger partial charge in [-0.1, -0.05) is 30.3 Å². The van der Waals surface area contributed by atoms with Crippen LogP contribution in [-0.2, 0) is 19.9 Å². The Balaban J connectivity index is 1.84. The van der Waals surface area contributed by atoms with Gasteiger partial charge in [0.1, 0.15) is 11.0 Å². The molecule has 0 radical (unpaired) electrons. The van der Waals surface area contributed by atoms with E-state index in [0.29, 0.717) is 0 Å². The van der Waals surface area contributed by atoms with E-state index in [1.807, 2.05) is 0 Å². The number of hydrogen-bond acceptors (Lipinski definition) is 1. The van der Waals surface area contributed by atoms with Crippen LogP contribution in [0.15, 0.2) is 48.5 Å². The number of nitrogens with zero attached hydrogens (tertiary/aromatic N) is 3. The highest BCUT2D eigenvalue weighted by Gasteiger charge is 2.29. The smallest absolute Gasteiger partial charge is 0.211 e. The maximum Gasteiger partial charge on any atom is 0.211 e. The number of benzene rings is 2. The van der Waals surface area contributed by atoms with Crippen molar-refractivity contribution in [3.63, 3.8) is 0 Å². The fourth-order valence-corrected chi connectivity index (χ4v) is 4.65. The van der Waals surface area contributed by atoms with E-state index in [1.165, 1.54) is 64.3 Å². The van der Waals surface area contributed by atoms with Crippen molar-refractivity contribution in [3.8, 4) is 0 Å². The van der Waals surface area contributed by atoms with Gasteiger partial charge < -0.3 is 4.90 Å². The summed E-state index contributed by atoms with van der Waals surface area (Å²) in [5, 5.41) is 2.70. The zero-order valence-corrected chi connectivity index (χ0v) is 16.4. The second-order valence-electron chi connectivity index (χ2n) is 7.88. The summed E-state index contributed by atoms with van der Waals surface area (Å²) in [5.41, 5.74) is 8.27. The Morgan fingerprint density at radius 1 is 0.963 bits per heavy atom. The topological polar surface area (TPSA) is 11.5 Å². The second kappa shape index (κ2) is 6.12. The van der Waals surface area contributed by atoms with Gasteiger partial charge in [-0.25, -0.2) is 0 Å². The van der Waals surface area contributed by atoms with Crippen LogP contribution in [0, 0.1) is 0 Å². The van der Waals surface area contributed by atoms with Gasteiger partial charge in [0, 0.05) is 36.8 Å². The van der Waals surface area contributed by atoms with Crippen LogP contribution in [-0.4, -0.2) is 18.6 Å². The number of fused-ring (bicyclic) bond motifs is 5. The molecule has 3 heteroatoms. The summed E-state index contributed by atoms with van der Waals surface area (Å²) in [6, 6.07) is 17.7. The summed E-state index contributed by atoms with van der Waals surface area (Å²) in [4.78, 5) is 2.14. The van der Waals surface area contributed by atoms with Crippen LogP contribution in [0.4, 0.5) is 5.69 Å². The SMILES string of the molecule is CN(C)c1ccc(/C=c2/c3ccccc3n3c2c2c([n+]3C)CCCC2)cc1. The molecule has 0 fully saturated rings. The number of para-hydroxylation sites is 1. The van der Waals surface area contributed by atoms with Crippen LogP contribution in [0.3, 0.4) is 0 Å². The van der Waals surface area contributed by atoms with E-state index in [9.17, 15) is 0 Å². The molecular weight excluding hydrogens is 330 g/mol. The van der Waals surface area contributed by atoms with Crippen molar-refractivity contribution in [2.24, 2.45) is 7.05 Å². The fourth-order valence-electron chi connectivity index (χ4n) is 4.65. The first kappa shape index (κ1) is 16.4. The Labute approximate surface area is 160 Å². The van der Waals surface area contributed by atoms with Crippen LogP contribution < -0.4 is 14.8 Å². The lowest BCUT2D eigenvalue weighted by Crippen LogP contribution is -2.39. The van der Waals surface area contributed by atoms with Crippen LogP contribution in [0.2, 0.25) is 0 Å². The zero-order valence-electron chi connectivity index (χ0n) is 16.4. The van der Waals surface area contributed by atoms with Gasteiger partial charge in [-0.05, 0) is 49.1 Å². The number of rotatable bonds is 2. The lowest BCUT2D eigenvalue weighted by Gasteiger charge is -2.11. The fraction of sp³-hybridized carbons (Fsp3) is 0.292. The highest BCUT2D eigenvalue weighted by atomic mass is 15.4. The van der Waals surface area contributed by atoms with E-state index in [-0.39, 0.29) is 0 Å². The number of hydrogen-bond donors (Lipinski definition) is 0. The summed E-state index contributed by atoms with van der Waals surface area (Å²) >= 11 is 0. The van der Waals surface area contributed by atoms with Crippen LogP contribution in [0.1, 0.15) is 29.7 Å². The molecule has 0 unspecified atom stereocenters. The number of aromatic nitrogens is 2. The second-order valence-corrected chi connectivity index (χ2v) is 7.88. The summed E-state index contributed by atoms with van der Waals surface area (Å²) in [6.45, 7) is 0. The molecule has 3 nitrogen and oxygen atoms in total. The summed E-state index contributed by atoms with van der Waals surface area (Å²) < 4.78 is 4.82. The summed E-state index contributed by atoms with van der Waals surface area (Å²) in [7, 11) is 6.39. The Bertz CT molecular complexity index is 1200. The first-order valence-corrected chi connectivity index (χ1v) is 9.87. The van der Waals surface area contributed by atoms with Crippen molar-refractivity contribution in [1.82, 2.24) is 4.52 Å². The highest BCUT2D eigenvalue weighted by molar-refractivity contribution is 5.90. The van der Waals surface area contributed by atoms with Gasteiger partial charge in [0.25, 0.3) is 0 Å². The maximum atomic E-state index is 2.44. The van der Waals surface area contributed by atoms with Crippen molar-refractivity contribution in [1.29, 1.82) is 0 Å². The molecule has 5 rings (SSSR count). The average Bonchev–Trinajstić information content (AvgIpc) is 3.17. The van der Waals surface area contributed by atoms with E-state index < -0.39 is 0 Å². The summed E-state index contributed by atoms with van der Waals surface area (Å²) in [6.07, 6.45) is 7.35. The van der Waals surface area contributed by atoms with E-state index in [2.05, 4.69) is 89.8 Å². The lowest BCUT2D eigenvalue weighted by molar-refractivity contribution is -0.742. The Morgan fingerprint density at radius 2 is 1.70 bits per heavy atom.